The Morgan fingerprint density at radius 1 is 1.00 bits per heavy atom. The average Bonchev–Trinajstić information content (AvgIpc) is 2.71. The largest absolute Gasteiger partial charge is 0.481 e. The summed E-state index contributed by atoms with van der Waals surface area (Å²) in [5.41, 5.74) is 1.62. The minimum atomic E-state index is -3.80. The Balaban J connectivity index is 1.66. The van der Waals surface area contributed by atoms with Crippen LogP contribution in [0.5, 0.6) is 5.75 Å². The van der Waals surface area contributed by atoms with Crippen LogP contribution in [-0.2, 0) is 14.8 Å². The molecule has 30 heavy (non-hydrogen) atoms. The first-order valence-corrected chi connectivity index (χ1v) is 11.0. The molecular weight excluding hydrogens is 424 g/mol. The molecule has 0 saturated heterocycles. The summed E-state index contributed by atoms with van der Waals surface area (Å²) < 4.78 is 33.4. The first-order chi connectivity index (χ1) is 14.2. The van der Waals surface area contributed by atoms with Crippen molar-refractivity contribution in [2.45, 2.75) is 24.8 Å². The number of carbonyl (C=O) groups is 1. The lowest BCUT2D eigenvalue weighted by Gasteiger charge is -2.15. The van der Waals surface area contributed by atoms with Gasteiger partial charge in [0.1, 0.15) is 5.75 Å². The van der Waals surface area contributed by atoms with Gasteiger partial charge < -0.3 is 10.1 Å². The molecule has 6 nitrogen and oxygen atoms in total. The lowest BCUT2D eigenvalue weighted by atomic mass is 10.2. The molecule has 8 heteroatoms. The Morgan fingerprint density at radius 3 is 2.33 bits per heavy atom. The van der Waals surface area contributed by atoms with Gasteiger partial charge in [0.05, 0.1) is 10.6 Å². The van der Waals surface area contributed by atoms with E-state index in [-0.39, 0.29) is 10.8 Å². The second-order valence-corrected chi connectivity index (χ2v) is 8.77. The van der Waals surface area contributed by atoms with E-state index in [1.54, 1.807) is 44.2 Å². The van der Waals surface area contributed by atoms with Gasteiger partial charge in [0, 0.05) is 10.7 Å². The number of hydrogen-bond donors (Lipinski definition) is 2. The molecule has 0 bridgehead atoms. The number of halogens is 1. The molecule has 156 valence electrons. The molecule has 3 rings (SSSR count). The van der Waals surface area contributed by atoms with Crippen LogP contribution in [-0.4, -0.2) is 20.4 Å². The van der Waals surface area contributed by atoms with E-state index in [0.717, 1.165) is 5.56 Å². The molecule has 0 spiro atoms. The highest BCUT2D eigenvalue weighted by atomic mass is 35.5. The van der Waals surface area contributed by atoms with Crippen LogP contribution in [0.4, 0.5) is 11.4 Å². The second-order valence-electron chi connectivity index (χ2n) is 6.65. The number of nitrogens with one attached hydrogen (secondary N) is 2. The number of benzene rings is 3. The van der Waals surface area contributed by atoms with Gasteiger partial charge in [0.2, 0.25) is 0 Å². The number of aryl methyl sites for hydroxylation is 1. The standard InChI is InChI=1S/C22H21ClN2O4S/c1-15-8-9-17(23)14-21(15)25-30(27,28)20-12-10-18(11-13-20)24-22(26)16(2)29-19-6-4-3-5-7-19/h3-14,16,25H,1-2H3,(H,24,26)/t16-/m0/s1. The molecule has 2 N–H and O–H groups in total. The van der Waals surface area contributed by atoms with Crippen LogP contribution in [0.1, 0.15) is 12.5 Å². The molecule has 0 unspecified atom stereocenters. The van der Waals surface area contributed by atoms with Crippen LogP contribution in [0, 0.1) is 6.92 Å². The lowest BCUT2D eigenvalue weighted by molar-refractivity contribution is -0.122. The van der Waals surface area contributed by atoms with E-state index >= 15 is 0 Å². The van der Waals surface area contributed by atoms with Crippen molar-refractivity contribution < 1.29 is 17.9 Å². The van der Waals surface area contributed by atoms with Crippen molar-refractivity contribution in [3.05, 3.63) is 83.4 Å². The van der Waals surface area contributed by atoms with E-state index in [2.05, 4.69) is 10.0 Å². The molecule has 0 fully saturated rings. The third-order valence-corrected chi connectivity index (χ3v) is 5.92. The maximum atomic E-state index is 12.6. The molecule has 0 saturated carbocycles. The van der Waals surface area contributed by atoms with Crippen molar-refractivity contribution in [1.29, 1.82) is 0 Å². The van der Waals surface area contributed by atoms with E-state index < -0.39 is 16.1 Å². The molecule has 0 aromatic heterocycles. The minimum absolute atomic E-state index is 0.0634. The van der Waals surface area contributed by atoms with E-state index in [1.807, 2.05) is 18.2 Å². The minimum Gasteiger partial charge on any atom is -0.481 e. The third-order valence-electron chi connectivity index (χ3n) is 4.30. The summed E-state index contributed by atoms with van der Waals surface area (Å²) >= 11 is 5.95. The van der Waals surface area contributed by atoms with Gasteiger partial charge in [-0.2, -0.15) is 0 Å². The Labute approximate surface area is 180 Å². The van der Waals surface area contributed by atoms with Crippen molar-refractivity contribution in [3.8, 4) is 5.75 Å². The molecule has 3 aromatic rings. The van der Waals surface area contributed by atoms with Crippen molar-refractivity contribution >= 4 is 38.9 Å². The van der Waals surface area contributed by atoms with Crippen molar-refractivity contribution in [3.63, 3.8) is 0 Å². The highest BCUT2D eigenvalue weighted by Gasteiger charge is 2.17. The normalized spacial score (nSPS) is 12.1. The summed E-state index contributed by atoms with van der Waals surface area (Å²) in [6.07, 6.45) is -0.719. The zero-order valence-corrected chi connectivity index (χ0v) is 18.0. The SMILES string of the molecule is Cc1ccc(Cl)cc1NS(=O)(=O)c1ccc(NC(=O)[C@H](C)Oc2ccccc2)cc1. The highest BCUT2D eigenvalue weighted by Crippen LogP contribution is 2.24. The van der Waals surface area contributed by atoms with Crippen LogP contribution in [0.3, 0.4) is 0 Å². The quantitative estimate of drug-likeness (QED) is 0.545. The number of para-hydroxylation sites is 1. The van der Waals surface area contributed by atoms with E-state index in [0.29, 0.717) is 22.1 Å². The topological polar surface area (TPSA) is 84.5 Å². The summed E-state index contributed by atoms with van der Waals surface area (Å²) in [4.78, 5) is 12.4. The summed E-state index contributed by atoms with van der Waals surface area (Å²) in [6.45, 7) is 3.42. The lowest BCUT2D eigenvalue weighted by Crippen LogP contribution is -2.30. The van der Waals surface area contributed by atoms with Crippen LogP contribution in [0.25, 0.3) is 0 Å². The van der Waals surface area contributed by atoms with Crippen molar-refractivity contribution in [1.82, 2.24) is 0 Å². The van der Waals surface area contributed by atoms with Crippen molar-refractivity contribution in [2.75, 3.05) is 10.0 Å². The number of sulfonamides is 1. The van der Waals surface area contributed by atoms with Crippen LogP contribution in [0.2, 0.25) is 5.02 Å². The number of rotatable bonds is 7. The first kappa shape index (κ1) is 21.7. The number of amides is 1. The highest BCUT2D eigenvalue weighted by molar-refractivity contribution is 7.92. The predicted octanol–water partition coefficient (Wildman–Crippen LogP) is 4.86. The molecular formula is C22H21ClN2O4S. The van der Waals surface area contributed by atoms with Crippen LogP contribution >= 0.6 is 11.6 Å². The maximum Gasteiger partial charge on any atom is 0.265 e. The van der Waals surface area contributed by atoms with Gasteiger partial charge in [-0.15, -0.1) is 0 Å². The van der Waals surface area contributed by atoms with Gasteiger partial charge in [0.15, 0.2) is 6.10 Å². The van der Waals surface area contributed by atoms with Gasteiger partial charge in [-0.25, -0.2) is 8.42 Å². The summed E-state index contributed by atoms with van der Waals surface area (Å²) in [7, 11) is -3.80. The van der Waals surface area contributed by atoms with Crippen molar-refractivity contribution in [2.24, 2.45) is 0 Å². The van der Waals surface area contributed by atoms with E-state index in [4.69, 9.17) is 16.3 Å². The fraction of sp³-hybridized carbons (Fsp3) is 0.136. The number of anilines is 2. The number of carbonyl (C=O) groups excluding carboxylic acids is 1. The predicted molar refractivity (Wildman–Crippen MR) is 119 cm³/mol. The van der Waals surface area contributed by atoms with E-state index in [9.17, 15) is 13.2 Å². The molecule has 1 amide bonds. The summed E-state index contributed by atoms with van der Waals surface area (Å²) in [6, 6.07) is 19.9. The molecule has 0 aliphatic rings. The smallest absolute Gasteiger partial charge is 0.265 e. The number of ether oxygens (including phenoxy) is 1. The second kappa shape index (κ2) is 9.19. The summed E-state index contributed by atoms with van der Waals surface area (Å²) in [5, 5.41) is 3.14. The Hall–Kier alpha value is -3.03. The average molecular weight is 445 g/mol. The molecule has 3 aromatic carbocycles. The fourth-order valence-electron chi connectivity index (χ4n) is 2.63. The fourth-order valence-corrected chi connectivity index (χ4v) is 3.92. The Bertz CT molecular complexity index is 1130. The molecule has 0 aliphatic heterocycles. The van der Waals surface area contributed by atoms with Gasteiger partial charge in [-0.1, -0.05) is 35.9 Å². The van der Waals surface area contributed by atoms with Gasteiger partial charge in [-0.05, 0) is 67.9 Å². The molecule has 0 radical (unpaired) electrons. The zero-order chi connectivity index (χ0) is 21.7. The molecule has 0 aliphatic carbocycles. The van der Waals surface area contributed by atoms with Gasteiger partial charge in [0.25, 0.3) is 15.9 Å². The van der Waals surface area contributed by atoms with Gasteiger partial charge >= 0.3 is 0 Å². The molecule has 1 atom stereocenters. The third kappa shape index (κ3) is 5.52. The summed E-state index contributed by atoms with van der Waals surface area (Å²) in [5.74, 6) is 0.242. The molecule has 0 heterocycles. The monoisotopic (exact) mass is 444 g/mol. The first-order valence-electron chi connectivity index (χ1n) is 9.16. The van der Waals surface area contributed by atoms with Crippen LogP contribution in [0.15, 0.2) is 77.7 Å². The number of hydrogen-bond acceptors (Lipinski definition) is 4. The maximum absolute atomic E-state index is 12.6. The zero-order valence-electron chi connectivity index (χ0n) is 16.4. The van der Waals surface area contributed by atoms with Gasteiger partial charge in [-0.3, -0.25) is 9.52 Å². The Kier molecular flexibility index (Phi) is 6.64. The van der Waals surface area contributed by atoms with E-state index in [1.165, 1.54) is 24.3 Å². The Morgan fingerprint density at radius 2 is 1.67 bits per heavy atom. The van der Waals surface area contributed by atoms with Crippen LogP contribution < -0.4 is 14.8 Å².